The number of benzene rings is 2. The molecule has 3 N–H and O–H groups in total. The first-order valence-electron chi connectivity index (χ1n) is 7.39. The van der Waals surface area contributed by atoms with E-state index >= 15 is 0 Å². The maximum absolute atomic E-state index is 13.6. The lowest BCUT2D eigenvalue weighted by Crippen LogP contribution is -2.30. The van der Waals surface area contributed by atoms with Crippen molar-refractivity contribution < 1.29 is 12.8 Å². The molecule has 0 unspecified atom stereocenters. The minimum Gasteiger partial charge on any atom is -0.360 e. The van der Waals surface area contributed by atoms with Crippen LogP contribution in [0, 0.1) is 5.82 Å². The number of hydrogen-bond donors (Lipinski definition) is 3. The van der Waals surface area contributed by atoms with E-state index in [4.69, 9.17) is 12.2 Å². The van der Waals surface area contributed by atoms with Gasteiger partial charge in [-0.2, -0.15) is 0 Å². The minimum absolute atomic E-state index is 0.0185. The lowest BCUT2D eigenvalue weighted by molar-refractivity contribution is 0.598. The molecule has 0 spiro atoms. The van der Waals surface area contributed by atoms with Crippen molar-refractivity contribution in [3.05, 3.63) is 54.3 Å². The molecular weight excluding hydrogens is 349 g/mol. The summed E-state index contributed by atoms with van der Waals surface area (Å²) in [5.74, 6) is -0.634. The maximum atomic E-state index is 13.6. The first-order chi connectivity index (χ1) is 11.4. The molecule has 24 heavy (non-hydrogen) atoms. The molecule has 0 saturated heterocycles. The van der Waals surface area contributed by atoms with Gasteiger partial charge in [0.1, 0.15) is 5.82 Å². The first-order valence-corrected chi connectivity index (χ1v) is 9.28. The topological polar surface area (TPSA) is 70.2 Å². The monoisotopic (exact) mass is 365 g/mol. The third-order valence-corrected chi connectivity index (χ3v) is 5.02. The number of halogens is 1. The summed E-state index contributed by atoms with van der Waals surface area (Å²) in [4.78, 5) is 0.0185. The standard InChI is InChI=1S/C16H16FN3O2S2/c17-14-6-1-2-7-15(14)20-24(21,22)13-5-3-4-12(10-13)19-16(23)18-11-8-9-11/h1-7,10-11,20H,8-9H2,(H2,18,19,23). The van der Waals surface area contributed by atoms with Gasteiger partial charge in [-0.05, 0) is 55.4 Å². The van der Waals surface area contributed by atoms with Crippen LogP contribution >= 0.6 is 12.2 Å². The number of sulfonamides is 1. The van der Waals surface area contributed by atoms with Gasteiger partial charge in [0.15, 0.2) is 5.11 Å². The number of para-hydroxylation sites is 1. The summed E-state index contributed by atoms with van der Waals surface area (Å²) in [5.41, 5.74) is 0.450. The smallest absolute Gasteiger partial charge is 0.262 e. The quantitative estimate of drug-likeness (QED) is 0.711. The Kier molecular flexibility index (Phi) is 4.68. The van der Waals surface area contributed by atoms with Crippen molar-refractivity contribution in [3.8, 4) is 0 Å². The molecule has 0 atom stereocenters. The highest BCUT2D eigenvalue weighted by atomic mass is 32.2. The predicted molar refractivity (Wildman–Crippen MR) is 96.0 cm³/mol. The number of nitrogens with one attached hydrogen (secondary N) is 3. The normalized spacial score (nSPS) is 14.0. The van der Waals surface area contributed by atoms with Crippen molar-refractivity contribution in [2.45, 2.75) is 23.8 Å². The molecule has 1 aliphatic carbocycles. The fourth-order valence-corrected chi connectivity index (χ4v) is 3.47. The van der Waals surface area contributed by atoms with Gasteiger partial charge >= 0.3 is 0 Å². The van der Waals surface area contributed by atoms with E-state index in [0.29, 0.717) is 16.8 Å². The summed E-state index contributed by atoms with van der Waals surface area (Å²) in [6.45, 7) is 0. The van der Waals surface area contributed by atoms with Gasteiger partial charge in [-0.15, -0.1) is 0 Å². The zero-order valence-corrected chi connectivity index (χ0v) is 14.3. The van der Waals surface area contributed by atoms with Crippen LogP contribution in [0.3, 0.4) is 0 Å². The second-order valence-electron chi connectivity index (χ2n) is 5.49. The fraction of sp³-hybridized carbons (Fsp3) is 0.188. The first kappa shape index (κ1) is 16.7. The number of anilines is 2. The van der Waals surface area contributed by atoms with Crippen LogP contribution in [0.15, 0.2) is 53.4 Å². The molecule has 1 saturated carbocycles. The van der Waals surface area contributed by atoms with Gasteiger partial charge in [0.25, 0.3) is 10.0 Å². The average Bonchev–Trinajstić information content (AvgIpc) is 3.33. The van der Waals surface area contributed by atoms with E-state index in [9.17, 15) is 12.8 Å². The summed E-state index contributed by atoms with van der Waals surface area (Å²) in [7, 11) is -3.90. The minimum atomic E-state index is -3.90. The lowest BCUT2D eigenvalue weighted by atomic mass is 10.3. The van der Waals surface area contributed by atoms with Crippen LogP contribution < -0.4 is 15.4 Å². The Hall–Kier alpha value is -2.19. The van der Waals surface area contributed by atoms with Crippen molar-refractivity contribution in [1.29, 1.82) is 0 Å². The third kappa shape index (κ3) is 4.21. The maximum Gasteiger partial charge on any atom is 0.262 e. The van der Waals surface area contributed by atoms with E-state index < -0.39 is 15.8 Å². The SMILES string of the molecule is O=S(=O)(Nc1ccccc1F)c1cccc(NC(=S)NC2CC2)c1. The molecule has 2 aromatic carbocycles. The zero-order valence-electron chi connectivity index (χ0n) is 12.6. The summed E-state index contributed by atoms with van der Waals surface area (Å²) in [6, 6.07) is 12.2. The van der Waals surface area contributed by atoms with Gasteiger partial charge in [0, 0.05) is 11.7 Å². The molecule has 5 nitrogen and oxygen atoms in total. The molecule has 1 aliphatic rings. The van der Waals surface area contributed by atoms with Gasteiger partial charge in [-0.3, -0.25) is 4.72 Å². The molecule has 1 fully saturated rings. The molecule has 0 radical (unpaired) electrons. The van der Waals surface area contributed by atoms with Crippen molar-refractivity contribution >= 4 is 38.7 Å². The zero-order chi connectivity index (χ0) is 17.2. The van der Waals surface area contributed by atoms with Crippen LogP contribution in [0.5, 0.6) is 0 Å². The number of rotatable bonds is 5. The fourth-order valence-electron chi connectivity index (χ4n) is 2.07. The Morgan fingerprint density at radius 2 is 1.88 bits per heavy atom. The van der Waals surface area contributed by atoms with Gasteiger partial charge in [0.05, 0.1) is 10.6 Å². The summed E-state index contributed by atoms with van der Waals surface area (Å²) < 4.78 is 40.7. The molecule has 126 valence electrons. The highest BCUT2D eigenvalue weighted by Crippen LogP contribution is 2.22. The molecule has 3 rings (SSSR count). The Morgan fingerprint density at radius 3 is 2.58 bits per heavy atom. The predicted octanol–water partition coefficient (Wildman–Crippen LogP) is 3.08. The van der Waals surface area contributed by atoms with E-state index in [1.807, 2.05) is 0 Å². The molecule has 0 heterocycles. The lowest BCUT2D eigenvalue weighted by Gasteiger charge is -2.12. The van der Waals surface area contributed by atoms with Crippen molar-refractivity contribution in [2.75, 3.05) is 10.0 Å². The largest absolute Gasteiger partial charge is 0.360 e. The Bertz CT molecular complexity index is 867. The van der Waals surface area contributed by atoms with Crippen molar-refractivity contribution in [2.24, 2.45) is 0 Å². The Balaban J connectivity index is 1.76. The third-order valence-electron chi connectivity index (χ3n) is 3.43. The van der Waals surface area contributed by atoms with E-state index in [2.05, 4.69) is 15.4 Å². The van der Waals surface area contributed by atoms with Gasteiger partial charge in [-0.1, -0.05) is 18.2 Å². The number of thiocarbonyl (C=S) groups is 1. The van der Waals surface area contributed by atoms with E-state index in [1.54, 1.807) is 18.2 Å². The van der Waals surface area contributed by atoms with Crippen LogP contribution in [0.1, 0.15) is 12.8 Å². The molecule has 0 aromatic heterocycles. The molecule has 0 amide bonds. The summed E-state index contributed by atoms with van der Waals surface area (Å²) in [6.07, 6.45) is 2.17. The molecule has 2 aromatic rings. The highest BCUT2D eigenvalue weighted by molar-refractivity contribution is 7.92. The second kappa shape index (κ2) is 6.74. The Morgan fingerprint density at radius 1 is 1.12 bits per heavy atom. The molecule has 0 aliphatic heterocycles. The highest BCUT2D eigenvalue weighted by Gasteiger charge is 2.22. The van der Waals surface area contributed by atoms with Crippen LogP contribution in [-0.4, -0.2) is 19.6 Å². The van der Waals surface area contributed by atoms with Gasteiger partial charge in [-0.25, -0.2) is 12.8 Å². The van der Waals surface area contributed by atoms with Crippen LogP contribution in [0.2, 0.25) is 0 Å². The van der Waals surface area contributed by atoms with Crippen LogP contribution in [-0.2, 0) is 10.0 Å². The molecule has 8 heteroatoms. The summed E-state index contributed by atoms with van der Waals surface area (Å²) >= 11 is 5.17. The average molecular weight is 365 g/mol. The van der Waals surface area contributed by atoms with Gasteiger partial charge in [0.2, 0.25) is 0 Å². The van der Waals surface area contributed by atoms with Gasteiger partial charge < -0.3 is 10.6 Å². The molecule has 0 bridgehead atoms. The van der Waals surface area contributed by atoms with E-state index in [-0.39, 0.29) is 10.6 Å². The summed E-state index contributed by atoms with van der Waals surface area (Å²) in [5, 5.41) is 6.52. The molecular formula is C16H16FN3O2S2. The van der Waals surface area contributed by atoms with Crippen molar-refractivity contribution in [3.63, 3.8) is 0 Å². The van der Waals surface area contributed by atoms with Crippen molar-refractivity contribution in [1.82, 2.24) is 5.32 Å². The Labute approximate surface area is 145 Å². The van der Waals surface area contributed by atoms with E-state index in [1.165, 1.54) is 30.3 Å². The van der Waals surface area contributed by atoms with Crippen LogP contribution in [0.25, 0.3) is 0 Å². The van der Waals surface area contributed by atoms with E-state index in [0.717, 1.165) is 12.8 Å². The second-order valence-corrected chi connectivity index (χ2v) is 7.58. The number of hydrogen-bond acceptors (Lipinski definition) is 3. The van der Waals surface area contributed by atoms with Crippen LogP contribution in [0.4, 0.5) is 15.8 Å².